The van der Waals surface area contributed by atoms with E-state index in [2.05, 4.69) is 0 Å². The molecule has 0 aliphatic rings. The van der Waals surface area contributed by atoms with Crippen molar-refractivity contribution in [3.63, 3.8) is 0 Å². The summed E-state index contributed by atoms with van der Waals surface area (Å²) >= 11 is 1.05. The zero-order valence-corrected chi connectivity index (χ0v) is 6.82. The fourth-order valence-electron chi connectivity index (χ4n) is 0.291. The highest BCUT2D eigenvalue weighted by Crippen LogP contribution is 2.48. The molecule has 0 bridgehead atoms. The summed E-state index contributed by atoms with van der Waals surface area (Å²) in [6, 6.07) is 0. The molecule has 8 heteroatoms. The highest BCUT2D eigenvalue weighted by molar-refractivity contribution is 9.10. The highest BCUT2D eigenvalue weighted by Gasteiger charge is 2.70. The molecule has 0 aliphatic carbocycles. The van der Waals surface area contributed by atoms with Crippen LogP contribution in [0.2, 0.25) is 0 Å². The van der Waals surface area contributed by atoms with E-state index >= 15 is 0 Å². The predicted molar refractivity (Wildman–Crippen MR) is 29.7 cm³/mol. The van der Waals surface area contributed by atoms with Crippen LogP contribution in [-0.2, 0) is 0 Å². The number of rotatable bonds is 3. The van der Waals surface area contributed by atoms with Crippen LogP contribution in [0.15, 0.2) is 0 Å². The van der Waals surface area contributed by atoms with Gasteiger partial charge in [-0.2, -0.15) is 26.3 Å². The molecule has 0 atom stereocenters. The van der Waals surface area contributed by atoms with E-state index < -0.39 is 23.4 Å². The summed E-state index contributed by atoms with van der Waals surface area (Å²) in [6.07, 6.45) is 0. The second kappa shape index (κ2) is 3.04. The maximum absolute atomic E-state index is 11.9. The van der Waals surface area contributed by atoms with Crippen molar-refractivity contribution in [3.8, 4) is 0 Å². The Hall–Kier alpha value is -0.0100. The lowest BCUT2D eigenvalue weighted by Gasteiger charge is -2.27. The van der Waals surface area contributed by atoms with Gasteiger partial charge in [-0.1, -0.05) is 0 Å². The molecule has 0 aromatic heterocycles. The molecule has 12 heavy (non-hydrogen) atoms. The molecule has 0 aromatic carbocycles. The number of hydrogen-bond donors (Lipinski definition) is 0. The molecular formula is C4H2BrF7. The van der Waals surface area contributed by atoms with Crippen LogP contribution in [0.5, 0.6) is 0 Å². The maximum atomic E-state index is 11.9. The Morgan fingerprint density at radius 3 is 1.33 bits per heavy atom. The van der Waals surface area contributed by atoms with Gasteiger partial charge in [0.05, 0.1) is 0 Å². The lowest BCUT2D eigenvalue weighted by molar-refractivity contribution is -0.277. The Bertz CT molecular complexity index is 159. The van der Waals surface area contributed by atoms with Crippen molar-refractivity contribution < 1.29 is 30.7 Å². The molecule has 0 fully saturated rings. The van der Waals surface area contributed by atoms with Crippen molar-refractivity contribution in [2.75, 3.05) is 6.67 Å². The third-order valence-corrected chi connectivity index (χ3v) is 1.48. The van der Waals surface area contributed by atoms with Gasteiger partial charge in [-0.25, -0.2) is 4.39 Å². The van der Waals surface area contributed by atoms with Crippen LogP contribution < -0.4 is 0 Å². The topological polar surface area (TPSA) is 0 Å². The summed E-state index contributed by atoms with van der Waals surface area (Å²) in [4.78, 5) is -5.13. The Balaban J connectivity index is 4.85. The van der Waals surface area contributed by atoms with Crippen molar-refractivity contribution in [1.29, 1.82) is 0 Å². The van der Waals surface area contributed by atoms with Crippen LogP contribution in [0, 0.1) is 0 Å². The molecule has 0 nitrogen and oxygen atoms in total. The molecule has 0 amide bonds. The highest BCUT2D eigenvalue weighted by atomic mass is 79.9. The minimum Gasteiger partial charge on any atom is -0.244 e. The fraction of sp³-hybridized carbons (Fsp3) is 1.00. The molecule has 0 aliphatic heterocycles. The van der Waals surface area contributed by atoms with Crippen LogP contribution in [0.3, 0.4) is 0 Å². The molecule has 0 unspecified atom stereocenters. The molecule has 0 spiro atoms. The average molecular weight is 263 g/mol. The Labute approximate surface area is 70.9 Å². The Morgan fingerprint density at radius 1 is 0.917 bits per heavy atom. The second-order valence-corrected chi connectivity index (χ2v) is 2.91. The standard InChI is InChI=1S/C4H2BrF7/c5-4(11,12)3(9,10)2(7,8)1-6/h1H2. The molecule has 0 heterocycles. The maximum Gasteiger partial charge on any atom is 0.384 e. The van der Waals surface area contributed by atoms with Gasteiger partial charge in [0.1, 0.15) is 0 Å². The normalized spacial score (nSPS) is 15.0. The molecule has 0 saturated heterocycles. The van der Waals surface area contributed by atoms with Crippen LogP contribution in [0.25, 0.3) is 0 Å². The number of halogens is 8. The predicted octanol–water partition coefficient (Wildman–Crippen LogP) is 3.21. The SMILES string of the molecule is FCC(F)(F)C(F)(F)C(F)(F)Br. The largest absolute Gasteiger partial charge is 0.384 e. The summed E-state index contributed by atoms with van der Waals surface area (Å²) in [7, 11) is 0. The van der Waals surface area contributed by atoms with Crippen molar-refractivity contribution in [1.82, 2.24) is 0 Å². The van der Waals surface area contributed by atoms with Crippen LogP contribution in [0.4, 0.5) is 30.7 Å². The number of alkyl halides is 8. The van der Waals surface area contributed by atoms with Crippen LogP contribution in [0.1, 0.15) is 0 Å². The first-order valence-corrected chi connectivity index (χ1v) is 3.24. The Morgan fingerprint density at radius 2 is 1.25 bits per heavy atom. The van der Waals surface area contributed by atoms with E-state index in [1.807, 2.05) is 0 Å². The zero-order valence-electron chi connectivity index (χ0n) is 5.23. The van der Waals surface area contributed by atoms with E-state index in [9.17, 15) is 30.7 Å². The van der Waals surface area contributed by atoms with Gasteiger partial charge in [0.15, 0.2) is 6.67 Å². The summed E-state index contributed by atoms with van der Waals surface area (Å²) in [6.45, 7) is -2.85. The lowest BCUT2D eigenvalue weighted by atomic mass is 10.2. The lowest BCUT2D eigenvalue weighted by Crippen LogP contribution is -2.52. The van der Waals surface area contributed by atoms with E-state index in [0.717, 1.165) is 15.9 Å². The smallest absolute Gasteiger partial charge is 0.244 e. The minimum atomic E-state index is -5.74. The summed E-state index contributed by atoms with van der Waals surface area (Å²) in [5, 5.41) is 0. The molecule has 0 aromatic rings. The van der Waals surface area contributed by atoms with E-state index in [1.165, 1.54) is 0 Å². The van der Waals surface area contributed by atoms with Gasteiger partial charge in [0, 0.05) is 0 Å². The van der Waals surface area contributed by atoms with Gasteiger partial charge in [-0.3, -0.25) is 0 Å². The van der Waals surface area contributed by atoms with Crippen LogP contribution in [-0.4, -0.2) is 23.4 Å². The summed E-state index contributed by atoms with van der Waals surface area (Å²) in [5.74, 6) is -11.1. The molecule has 0 saturated carbocycles. The molecule has 0 rings (SSSR count). The first-order chi connectivity index (χ1) is 5.06. The van der Waals surface area contributed by atoms with E-state index in [-0.39, 0.29) is 0 Å². The first-order valence-electron chi connectivity index (χ1n) is 2.44. The zero-order chi connectivity index (χ0) is 10.2. The average Bonchev–Trinajstić information content (AvgIpc) is 1.85. The van der Waals surface area contributed by atoms with Crippen molar-refractivity contribution in [2.45, 2.75) is 16.7 Å². The van der Waals surface area contributed by atoms with Crippen LogP contribution >= 0.6 is 15.9 Å². The first kappa shape index (κ1) is 12.0. The number of hydrogen-bond acceptors (Lipinski definition) is 0. The van der Waals surface area contributed by atoms with E-state index in [1.54, 1.807) is 0 Å². The minimum absolute atomic E-state index is 1.05. The van der Waals surface area contributed by atoms with Gasteiger partial charge in [-0.15, -0.1) is 0 Å². The monoisotopic (exact) mass is 262 g/mol. The third-order valence-electron chi connectivity index (χ3n) is 0.983. The fourth-order valence-corrected chi connectivity index (χ4v) is 0.581. The van der Waals surface area contributed by atoms with Gasteiger partial charge in [0.25, 0.3) is 0 Å². The van der Waals surface area contributed by atoms with Crippen molar-refractivity contribution >= 4 is 15.9 Å². The van der Waals surface area contributed by atoms with Gasteiger partial charge in [-0.05, 0) is 15.9 Å². The van der Waals surface area contributed by atoms with E-state index in [4.69, 9.17) is 0 Å². The van der Waals surface area contributed by atoms with Gasteiger partial charge < -0.3 is 0 Å². The quantitative estimate of drug-likeness (QED) is 0.541. The third kappa shape index (κ3) is 1.83. The van der Waals surface area contributed by atoms with Crippen molar-refractivity contribution in [2.24, 2.45) is 0 Å². The molecule has 0 N–H and O–H groups in total. The molecule has 0 radical (unpaired) electrons. The summed E-state index contributed by atoms with van der Waals surface area (Å²) < 4.78 is 82.0. The Kier molecular flexibility index (Phi) is 3.04. The van der Waals surface area contributed by atoms with Gasteiger partial charge in [0.2, 0.25) is 0 Å². The molecule has 74 valence electrons. The van der Waals surface area contributed by atoms with Gasteiger partial charge >= 0.3 is 16.7 Å². The second-order valence-electron chi connectivity index (χ2n) is 1.91. The van der Waals surface area contributed by atoms with E-state index in [0.29, 0.717) is 0 Å². The van der Waals surface area contributed by atoms with Crippen molar-refractivity contribution in [3.05, 3.63) is 0 Å². The molecular weight excluding hydrogens is 261 g/mol. The summed E-state index contributed by atoms with van der Waals surface area (Å²) in [5.41, 5.74) is 0.